The number of carbonyl (C=O) groups excluding carboxylic acids is 6. The zero-order chi connectivity index (χ0) is 58.7. The summed E-state index contributed by atoms with van der Waals surface area (Å²) in [4.78, 5) is 90.0. The van der Waals surface area contributed by atoms with E-state index in [-0.39, 0.29) is 104 Å². The number of rotatable bonds is 12. The summed E-state index contributed by atoms with van der Waals surface area (Å²) in [6.45, 7) is 3.41. The Bertz CT molecular complexity index is 3370. The molecule has 5 N–H and O–H groups in total. The number of ether oxygens (including phenoxy) is 9. The lowest BCUT2D eigenvalue weighted by Crippen LogP contribution is -2.68. The van der Waals surface area contributed by atoms with Crippen molar-refractivity contribution in [3.8, 4) is 28.4 Å². The molecular formula is C62H67N5O18. The van der Waals surface area contributed by atoms with E-state index in [9.17, 15) is 39.3 Å². The van der Waals surface area contributed by atoms with Crippen molar-refractivity contribution < 1.29 is 86.7 Å². The van der Waals surface area contributed by atoms with Gasteiger partial charge in [-0.15, -0.1) is 0 Å². The molecule has 4 amide bonds. The van der Waals surface area contributed by atoms with Crippen molar-refractivity contribution in [2.75, 3.05) is 60.3 Å². The average Bonchev–Trinajstić information content (AvgIpc) is 1.93. The quantitative estimate of drug-likeness (QED) is 0.112. The third-order valence-electron chi connectivity index (χ3n) is 19.3. The summed E-state index contributed by atoms with van der Waals surface area (Å²) in [7, 11) is 2.89. The van der Waals surface area contributed by atoms with Crippen molar-refractivity contribution >= 4 is 35.4 Å². The zero-order valence-corrected chi connectivity index (χ0v) is 47.1. The number of hydrogen-bond acceptors (Lipinski definition) is 19. The molecule has 0 aromatic heterocycles. The maximum absolute atomic E-state index is 15.2. The summed E-state index contributed by atoms with van der Waals surface area (Å²) in [6.07, 6.45) is -6.07. The largest absolute Gasteiger partial charge is 0.507 e. The van der Waals surface area contributed by atoms with Crippen molar-refractivity contribution in [2.24, 2.45) is 0 Å². The van der Waals surface area contributed by atoms with E-state index in [1.54, 1.807) is 9.80 Å². The van der Waals surface area contributed by atoms with Gasteiger partial charge in [0.15, 0.2) is 24.6 Å². The molecule has 0 unspecified atom stereocenters. The highest BCUT2D eigenvalue weighted by Gasteiger charge is 2.57. The van der Waals surface area contributed by atoms with E-state index < -0.39 is 138 Å². The molecule has 15 rings (SSSR count). The number of ketones is 2. The first-order chi connectivity index (χ1) is 41.1. The molecule has 8 fully saturated rings. The van der Waals surface area contributed by atoms with Gasteiger partial charge in [-0.3, -0.25) is 28.9 Å². The molecule has 4 aromatic carbocycles. The number of aromatic hydroxyl groups is 2. The van der Waals surface area contributed by atoms with Crippen molar-refractivity contribution in [3.63, 3.8) is 0 Å². The normalized spacial score (nSPS) is 32.3. The molecule has 23 nitrogen and oxygen atoms in total. The van der Waals surface area contributed by atoms with E-state index in [1.165, 1.54) is 32.4 Å². The predicted molar refractivity (Wildman–Crippen MR) is 294 cm³/mol. The number of benzene rings is 4. The van der Waals surface area contributed by atoms with E-state index in [0.29, 0.717) is 26.0 Å². The van der Waals surface area contributed by atoms with E-state index in [1.807, 2.05) is 31.2 Å². The Morgan fingerprint density at radius 1 is 0.753 bits per heavy atom. The minimum Gasteiger partial charge on any atom is -0.507 e. The van der Waals surface area contributed by atoms with Crippen LogP contribution in [0.1, 0.15) is 112 Å². The highest BCUT2D eigenvalue weighted by molar-refractivity contribution is 6.31. The van der Waals surface area contributed by atoms with Crippen molar-refractivity contribution in [1.29, 1.82) is 0 Å². The molecular weight excluding hydrogens is 1100 g/mol. The molecule has 14 atom stereocenters. The van der Waals surface area contributed by atoms with Gasteiger partial charge in [0, 0.05) is 99.6 Å². The van der Waals surface area contributed by atoms with Gasteiger partial charge in [0.2, 0.25) is 17.6 Å². The van der Waals surface area contributed by atoms with Gasteiger partial charge in [-0.1, -0.05) is 60.7 Å². The molecule has 8 saturated heterocycles. The monoisotopic (exact) mass is 1170 g/mol. The topological polar surface area (TPSA) is 280 Å². The molecule has 8 aliphatic heterocycles. The Kier molecular flexibility index (Phi) is 14.3. The fourth-order valence-corrected chi connectivity index (χ4v) is 15.3. The molecule has 85 heavy (non-hydrogen) atoms. The lowest BCUT2D eigenvalue weighted by atomic mass is 9.72. The van der Waals surface area contributed by atoms with Crippen molar-refractivity contribution in [1.82, 2.24) is 25.3 Å². The maximum atomic E-state index is 15.2. The number of nitrogens with zero attached hydrogens (tertiary/aromatic N) is 3. The Hall–Kier alpha value is -7.06. The molecule has 0 spiro atoms. The van der Waals surface area contributed by atoms with Crippen LogP contribution in [0.4, 0.5) is 4.79 Å². The van der Waals surface area contributed by atoms with Gasteiger partial charge in [0.1, 0.15) is 47.8 Å². The number of hydrogen-bond donors (Lipinski definition) is 5. The number of aliphatic hydroxyl groups is 1. The summed E-state index contributed by atoms with van der Waals surface area (Å²) >= 11 is 0. The van der Waals surface area contributed by atoms with Gasteiger partial charge in [0.25, 0.3) is 5.91 Å². The molecule has 0 saturated carbocycles. The first-order valence-electron chi connectivity index (χ1n) is 29.3. The summed E-state index contributed by atoms with van der Waals surface area (Å²) in [5.74, 6) is -4.22. The summed E-state index contributed by atoms with van der Waals surface area (Å²) in [5.41, 5.74) is 0.864. The molecule has 8 heterocycles. The second-order valence-corrected chi connectivity index (χ2v) is 23.9. The maximum Gasteiger partial charge on any atom is 0.407 e. The second kappa shape index (κ2) is 21.7. The van der Waals surface area contributed by atoms with Gasteiger partial charge in [-0.05, 0) is 48.1 Å². The van der Waals surface area contributed by atoms with E-state index >= 15 is 4.79 Å². The molecule has 11 aliphatic rings. The number of phenolic OH excluding ortho intramolecular Hbond substituents is 2. The summed E-state index contributed by atoms with van der Waals surface area (Å²) in [6, 6.07) is 18.4. The van der Waals surface area contributed by atoms with Crippen molar-refractivity contribution in [2.45, 2.75) is 143 Å². The molecule has 3 aliphatic carbocycles. The average molecular weight is 1170 g/mol. The van der Waals surface area contributed by atoms with Gasteiger partial charge < -0.3 is 78.4 Å². The number of phenols is 2. The van der Waals surface area contributed by atoms with E-state index in [4.69, 9.17) is 42.6 Å². The summed E-state index contributed by atoms with van der Waals surface area (Å²) < 4.78 is 54.4. The SMILES string of the molecule is COc1cccc2c1C(=O)c1c(O)c3c(c(O)c1C2=O)C[C@@](O)(C(=O)N1C[C@@H]2CC[C@H]1CN2C(=O)CCC(=O)N[C@H]1CO[C@H]2[C@@H]1OC[C@@H]2NC(=O)OCC1c2ccccc2-c2ccccc21)C[C@@H]3O[C@H]1C[C@H]2[C@H](O[C@@H]3[C@@H](OC)OCCN32)[C@H](C)O1. The van der Waals surface area contributed by atoms with Crippen LogP contribution in [-0.2, 0) is 58.7 Å². The van der Waals surface area contributed by atoms with Crippen LogP contribution in [0, 0.1) is 0 Å². The number of carbonyl (C=O) groups is 6. The van der Waals surface area contributed by atoms with Crippen LogP contribution >= 0.6 is 0 Å². The third kappa shape index (κ3) is 9.27. The Morgan fingerprint density at radius 2 is 1.42 bits per heavy atom. The van der Waals surface area contributed by atoms with E-state index in [2.05, 4.69) is 39.8 Å². The van der Waals surface area contributed by atoms with Crippen LogP contribution in [0.2, 0.25) is 0 Å². The Balaban J connectivity index is 0.630. The van der Waals surface area contributed by atoms with Gasteiger partial charge >= 0.3 is 6.09 Å². The molecule has 4 aromatic rings. The van der Waals surface area contributed by atoms with Crippen LogP contribution in [-0.4, -0.2) is 205 Å². The molecule has 2 bridgehead atoms. The first kappa shape index (κ1) is 55.8. The van der Waals surface area contributed by atoms with E-state index in [0.717, 1.165) is 22.3 Å². The number of amides is 4. The smallest absolute Gasteiger partial charge is 0.407 e. The Morgan fingerprint density at radius 3 is 2.12 bits per heavy atom. The molecule has 448 valence electrons. The number of fused-ring (bicyclic) bond motifs is 13. The number of morpholine rings is 1. The lowest BCUT2D eigenvalue weighted by molar-refractivity contribution is -0.256. The molecule has 0 radical (unpaired) electrons. The Labute approximate surface area is 488 Å². The fraction of sp³-hybridized carbons (Fsp3) is 0.516. The van der Waals surface area contributed by atoms with Gasteiger partial charge in [-0.25, -0.2) is 4.79 Å². The molecule has 23 heteroatoms. The number of piperidine rings is 2. The number of piperazine rings is 1. The highest BCUT2D eigenvalue weighted by atomic mass is 16.7. The predicted octanol–water partition coefficient (Wildman–Crippen LogP) is 3.32. The summed E-state index contributed by atoms with van der Waals surface area (Å²) in [5, 5.41) is 43.4. The zero-order valence-electron chi connectivity index (χ0n) is 47.1. The van der Waals surface area contributed by atoms with Crippen LogP contribution in [0.25, 0.3) is 11.1 Å². The lowest BCUT2D eigenvalue weighted by Gasteiger charge is -2.53. The minimum absolute atomic E-state index is 0.0571. The fourth-order valence-electron chi connectivity index (χ4n) is 15.3. The van der Waals surface area contributed by atoms with Crippen LogP contribution < -0.4 is 15.4 Å². The number of methoxy groups -OCH3 is 2. The number of nitrogens with one attached hydrogen (secondary N) is 2. The number of alkyl carbamates (subject to hydrolysis) is 1. The van der Waals surface area contributed by atoms with Crippen molar-refractivity contribution in [3.05, 3.63) is 111 Å². The minimum atomic E-state index is -2.30. The second-order valence-electron chi connectivity index (χ2n) is 23.9. The van der Waals surface area contributed by atoms with Gasteiger partial charge in [0.05, 0.1) is 67.9 Å². The van der Waals surface area contributed by atoms with Crippen LogP contribution in [0.3, 0.4) is 0 Å². The van der Waals surface area contributed by atoms with Crippen LogP contribution in [0.15, 0.2) is 66.7 Å². The highest BCUT2D eigenvalue weighted by Crippen LogP contribution is 2.54. The van der Waals surface area contributed by atoms with Gasteiger partial charge in [-0.2, -0.15) is 0 Å². The standard InChI is InChI=1S/C62H67N5O18/c1-29-55-41(65-19-20-79-59(78-3)58(65)85-55)21-46(83-29)84-43-23-62(76,22-37-48(43)54(73)50-49(52(37)71)51(70)36-13-8-14-42(77-2)47(36)53(50)72)60(74)67-25-30-15-16-31(67)24-66(30)45(69)18-17-44(68)63-39-27-80-57-40(28-81-56(39)57)64-61(75)82-26-38-34-11-6-4-9-32(34)33-10-5-7-12-35(33)38/h4-14,29-31,38-41,43,46,55-59,71,73,76H,15-28H2,1-3H3,(H,63,68)(H,64,75)/t29-,30-,31-,39-,40-,41-,43-,46-,55+,56+,57+,58+,59-,62-/m0/s1. The first-order valence-corrected chi connectivity index (χ1v) is 29.3. The third-order valence-corrected chi connectivity index (χ3v) is 19.3. The van der Waals surface area contributed by atoms with Crippen LogP contribution in [0.5, 0.6) is 17.2 Å².